The highest BCUT2D eigenvalue weighted by Gasteiger charge is 2.41. The number of aromatic nitrogens is 2. The maximum absolute atomic E-state index is 12.3. The first-order valence-electron chi connectivity index (χ1n) is 9.66. The molecule has 5 unspecified atom stereocenters. The Morgan fingerprint density at radius 2 is 1.83 bits per heavy atom. The fraction of sp³-hybridized carbons (Fsp3) is 0.500. The van der Waals surface area contributed by atoms with Crippen molar-refractivity contribution in [2.75, 3.05) is 19.4 Å². The van der Waals surface area contributed by atoms with Crippen molar-refractivity contribution in [3.05, 3.63) is 56.5 Å². The molecule has 3 heterocycles. The van der Waals surface area contributed by atoms with Crippen molar-refractivity contribution in [1.29, 1.82) is 0 Å². The summed E-state index contributed by atoms with van der Waals surface area (Å²) in [4.78, 5) is 44.7. The lowest BCUT2D eigenvalue weighted by Crippen LogP contribution is -2.44. The van der Waals surface area contributed by atoms with Gasteiger partial charge in [0.1, 0.15) is 36.8 Å². The SMILES string of the molecule is O=c1ccn([C@@H]2OC(COP(=O)(O)OP(=O)(O)CC3=CC(O)C(O)C(CO)O3)=C(O)[C@@H]2O)c(=O)[nH]1. The number of phosphoric acid groups is 1. The van der Waals surface area contributed by atoms with E-state index in [-0.39, 0.29) is 0 Å². The van der Waals surface area contributed by atoms with E-state index in [1.807, 2.05) is 4.98 Å². The van der Waals surface area contributed by atoms with Gasteiger partial charge in [-0.2, -0.15) is 0 Å². The second-order valence-electron chi connectivity index (χ2n) is 7.35. The van der Waals surface area contributed by atoms with Crippen LogP contribution in [-0.4, -0.2) is 88.7 Å². The van der Waals surface area contributed by atoms with Crippen LogP contribution < -0.4 is 11.2 Å². The molecule has 0 aliphatic carbocycles. The van der Waals surface area contributed by atoms with Crippen LogP contribution >= 0.6 is 15.4 Å². The molecule has 0 spiro atoms. The van der Waals surface area contributed by atoms with Crippen LogP contribution in [0.5, 0.6) is 0 Å². The zero-order valence-electron chi connectivity index (χ0n) is 17.5. The highest BCUT2D eigenvalue weighted by Crippen LogP contribution is 2.61. The first-order valence-corrected chi connectivity index (χ1v) is 12.9. The molecule has 35 heavy (non-hydrogen) atoms. The quantitative estimate of drug-likeness (QED) is 0.149. The van der Waals surface area contributed by atoms with Gasteiger partial charge in [-0.15, -0.1) is 0 Å². The van der Waals surface area contributed by atoms with Crippen molar-refractivity contribution in [3.63, 3.8) is 0 Å². The van der Waals surface area contributed by atoms with Gasteiger partial charge in [-0.05, 0) is 6.08 Å². The highest BCUT2D eigenvalue weighted by molar-refractivity contribution is 7.64. The van der Waals surface area contributed by atoms with E-state index in [2.05, 4.69) is 8.83 Å². The molecule has 17 nitrogen and oxygen atoms in total. The maximum atomic E-state index is 12.3. The summed E-state index contributed by atoms with van der Waals surface area (Å²) in [5.41, 5.74) is -1.73. The Kier molecular flexibility index (Phi) is 8.08. The summed E-state index contributed by atoms with van der Waals surface area (Å²) < 4.78 is 44.2. The minimum Gasteiger partial charge on any atom is -0.506 e. The van der Waals surface area contributed by atoms with Crippen LogP contribution in [0.25, 0.3) is 0 Å². The summed E-state index contributed by atoms with van der Waals surface area (Å²) >= 11 is 0. The highest BCUT2D eigenvalue weighted by atomic mass is 31.3. The monoisotopic (exact) mass is 544 g/mol. The molecule has 2 aliphatic rings. The van der Waals surface area contributed by atoms with Gasteiger partial charge in [-0.1, -0.05) is 0 Å². The summed E-state index contributed by atoms with van der Waals surface area (Å²) in [6, 6.07) is 0.936. The largest absolute Gasteiger partial charge is 0.506 e. The van der Waals surface area contributed by atoms with E-state index >= 15 is 0 Å². The third-order valence-electron chi connectivity index (χ3n) is 4.74. The van der Waals surface area contributed by atoms with Crippen molar-refractivity contribution in [3.8, 4) is 0 Å². The zero-order valence-corrected chi connectivity index (χ0v) is 19.3. The Balaban J connectivity index is 1.63. The van der Waals surface area contributed by atoms with Crippen LogP contribution in [0.3, 0.4) is 0 Å². The summed E-state index contributed by atoms with van der Waals surface area (Å²) in [6.45, 7) is -1.80. The molecule has 3 rings (SSSR count). The standard InChI is InChI=1S/C16H22N2O15P2/c19-4-9-12(22)8(20)3-7(31-9)6-34(26,27)33-35(28,29)30-5-10-13(23)14(24)15(32-10)18-2-1-11(21)17-16(18)25/h1-3,8-9,12,14-15,19-20,22-24H,4-6H2,(H,26,27)(H,28,29)(H,17,21,25)/t8?,9?,12?,14-,15+/m0/s1. The van der Waals surface area contributed by atoms with Gasteiger partial charge in [0, 0.05) is 12.3 Å². The molecule has 1 aromatic heterocycles. The summed E-state index contributed by atoms with van der Waals surface area (Å²) in [6.07, 6.45) is -7.04. The summed E-state index contributed by atoms with van der Waals surface area (Å²) in [5, 5.41) is 48.6. The lowest BCUT2D eigenvalue weighted by atomic mass is 10.1. The van der Waals surface area contributed by atoms with Gasteiger partial charge in [-0.25, -0.2) is 13.7 Å². The van der Waals surface area contributed by atoms with Crippen molar-refractivity contribution in [1.82, 2.24) is 9.55 Å². The number of aliphatic hydroxyl groups is 5. The second kappa shape index (κ2) is 10.4. The van der Waals surface area contributed by atoms with Gasteiger partial charge >= 0.3 is 21.1 Å². The Hall–Kier alpha value is -2.30. The van der Waals surface area contributed by atoms with Gasteiger partial charge in [-0.3, -0.25) is 23.4 Å². The van der Waals surface area contributed by atoms with E-state index in [1.165, 1.54) is 0 Å². The molecule has 1 aromatic rings. The molecular weight excluding hydrogens is 522 g/mol. The van der Waals surface area contributed by atoms with Gasteiger partial charge in [0.25, 0.3) is 5.56 Å². The normalized spacial score (nSPS) is 30.1. The van der Waals surface area contributed by atoms with E-state index in [0.717, 1.165) is 22.9 Å². The Bertz CT molecular complexity index is 1220. The molecule has 0 bridgehead atoms. The summed E-state index contributed by atoms with van der Waals surface area (Å²) in [5.74, 6) is -1.92. The predicted molar refractivity (Wildman–Crippen MR) is 111 cm³/mol. The van der Waals surface area contributed by atoms with Gasteiger partial charge in [0.05, 0.1) is 6.61 Å². The van der Waals surface area contributed by atoms with E-state index in [1.54, 1.807) is 0 Å². The van der Waals surface area contributed by atoms with Crippen LogP contribution in [0.15, 0.2) is 45.2 Å². The van der Waals surface area contributed by atoms with Gasteiger partial charge in [0.2, 0.25) is 6.23 Å². The molecule has 8 N–H and O–H groups in total. The molecule has 0 fully saturated rings. The fourth-order valence-electron chi connectivity index (χ4n) is 3.11. The molecule has 0 aromatic carbocycles. The molecule has 7 atom stereocenters. The number of hydrogen-bond acceptors (Lipinski definition) is 13. The van der Waals surface area contributed by atoms with E-state index in [9.17, 15) is 48.9 Å². The number of aliphatic hydroxyl groups excluding tert-OH is 5. The van der Waals surface area contributed by atoms with Gasteiger partial charge < -0.3 is 44.8 Å². The number of allylic oxidation sites excluding steroid dienone is 1. The minimum absolute atomic E-state index is 0.413. The molecule has 0 saturated carbocycles. The van der Waals surface area contributed by atoms with E-state index in [4.69, 9.17) is 14.6 Å². The molecule has 2 aliphatic heterocycles. The number of nitrogens with one attached hydrogen (secondary N) is 1. The first kappa shape index (κ1) is 27.3. The average Bonchev–Trinajstić information content (AvgIpc) is 3.02. The Labute approximate surface area is 194 Å². The van der Waals surface area contributed by atoms with Crippen molar-refractivity contribution >= 4 is 15.4 Å². The Morgan fingerprint density at radius 1 is 1.14 bits per heavy atom. The first-order chi connectivity index (χ1) is 16.2. The number of H-pyrrole nitrogens is 1. The molecule has 196 valence electrons. The van der Waals surface area contributed by atoms with Crippen molar-refractivity contribution in [2.45, 2.75) is 30.6 Å². The topological polar surface area (TPSA) is 268 Å². The number of hydrogen-bond donors (Lipinski definition) is 8. The molecule has 0 radical (unpaired) electrons. The van der Waals surface area contributed by atoms with Crippen LogP contribution in [0.2, 0.25) is 0 Å². The van der Waals surface area contributed by atoms with Crippen LogP contribution in [0, 0.1) is 0 Å². The number of rotatable bonds is 9. The summed E-state index contributed by atoms with van der Waals surface area (Å²) in [7, 11) is -10.3. The third kappa shape index (κ3) is 6.48. The molecule has 19 heteroatoms. The number of nitrogens with zero attached hydrogens (tertiary/aromatic N) is 1. The van der Waals surface area contributed by atoms with Crippen molar-refractivity contribution in [2.24, 2.45) is 0 Å². The van der Waals surface area contributed by atoms with Crippen LogP contribution in [0.4, 0.5) is 0 Å². The van der Waals surface area contributed by atoms with Crippen LogP contribution in [0.1, 0.15) is 6.23 Å². The predicted octanol–water partition coefficient (Wildman–Crippen LogP) is -2.49. The number of aromatic amines is 1. The van der Waals surface area contributed by atoms with E-state index < -0.39 is 94.0 Å². The minimum atomic E-state index is -5.32. The van der Waals surface area contributed by atoms with Crippen molar-refractivity contribution < 1.29 is 62.8 Å². The maximum Gasteiger partial charge on any atom is 0.479 e. The van der Waals surface area contributed by atoms with Gasteiger partial charge in [0.15, 0.2) is 17.6 Å². The lowest BCUT2D eigenvalue weighted by molar-refractivity contribution is -0.0902. The number of phosphoric ester groups is 1. The lowest BCUT2D eigenvalue weighted by Gasteiger charge is -2.31. The molecule has 0 saturated heterocycles. The Morgan fingerprint density at radius 3 is 2.46 bits per heavy atom. The zero-order chi connectivity index (χ0) is 26.1. The average molecular weight is 544 g/mol. The number of ether oxygens (including phenoxy) is 2. The second-order valence-corrected chi connectivity index (χ2v) is 10.8. The molecule has 0 amide bonds. The molecular formula is C16H22N2O15P2. The smallest absolute Gasteiger partial charge is 0.479 e. The fourth-order valence-corrected chi connectivity index (χ4v) is 5.68. The van der Waals surface area contributed by atoms with Crippen LogP contribution in [-0.2, 0) is 27.4 Å². The third-order valence-corrected chi connectivity index (χ3v) is 7.75. The van der Waals surface area contributed by atoms with E-state index in [0.29, 0.717) is 0 Å².